The standard InChI is InChI=1S/C38H38N10O7/c1-21-14-23(6-8-39-21)36-41-28(20-54-36)34(51)40-27-16-30-32(43-33(27)47-9-7-25(49)19-47)44-38(55-30)46-12-10-45(11-13-46)17-22-2-3-26-24(15-22)18-48(37(26)53)29-4-5-31(50)42-35(29)52/h2-3,6,8,14-16,20,25,29,49H,4-5,7,9-13,17-19H2,1H3,(H,40,51)(H,42,50,52)/t25-,29?/m1/s1. The summed E-state index contributed by atoms with van der Waals surface area (Å²) >= 11 is 0. The number of aromatic nitrogens is 4. The zero-order valence-electron chi connectivity index (χ0n) is 30.0. The molecule has 282 valence electrons. The molecule has 4 amide bonds. The summed E-state index contributed by atoms with van der Waals surface area (Å²) in [7, 11) is 0. The lowest BCUT2D eigenvalue weighted by Crippen LogP contribution is -2.52. The van der Waals surface area contributed by atoms with Crippen LogP contribution in [0.25, 0.3) is 22.7 Å². The summed E-state index contributed by atoms with van der Waals surface area (Å²) in [6.07, 6.45) is 3.57. The maximum absolute atomic E-state index is 13.4. The van der Waals surface area contributed by atoms with Gasteiger partial charge in [-0.15, -0.1) is 0 Å². The maximum Gasteiger partial charge on any atom is 0.300 e. The van der Waals surface area contributed by atoms with Crippen LogP contribution in [0.4, 0.5) is 17.5 Å². The first-order valence-electron chi connectivity index (χ1n) is 18.3. The lowest BCUT2D eigenvalue weighted by atomic mass is 10.0. The van der Waals surface area contributed by atoms with E-state index < -0.39 is 24.0 Å². The highest BCUT2D eigenvalue weighted by molar-refractivity contribution is 6.06. The van der Waals surface area contributed by atoms with E-state index in [2.05, 4.69) is 30.4 Å². The maximum atomic E-state index is 13.4. The number of nitrogens with one attached hydrogen (secondary N) is 2. The molecule has 1 unspecified atom stereocenters. The lowest BCUT2D eigenvalue weighted by molar-refractivity contribution is -0.136. The molecule has 8 heterocycles. The number of carbonyl (C=O) groups is 4. The minimum atomic E-state index is -0.642. The van der Waals surface area contributed by atoms with Gasteiger partial charge in [0.25, 0.3) is 17.8 Å². The van der Waals surface area contributed by atoms with Gasteiger partial charge in [0.05, 0.1) is 11.8 Å². The van der Waals surface area contributed by atoms with Crippen molar-refractivity contribution in [3.8, 4) is 11.5 Å². The summed E-state index contributed by atoms with van der Waals surface area (Å²) in [5.41, 5.74) is 5.34. The first-order valence-corrected chi connectivity index (χ1v) is 18.3. The molecule has 0 aliphatic carbocycles. The molecule has 9 rings (SSSR count). The number of imide groups is 1. The van der Waals surface area contributed by atoms with E-state index in [0.29, 0.717) is 97.9 Å². The van der Waals surface area contributed by atoms with E-state index in [9.17, 15) is 24.3 Å². The van der Waals surface area contributed by atoms with Gasteiger partial charge < -0.3 is 34.0 Å². The highest BCUT2D eigenvalue weighted by atomic mass is 16.4. The number of piperidine rings is 1. The number of rotatable bonds is 8. The second-order valence-corrected chi connectivity index (χ2v) is 14.4. The zero-order valence-corrected chi connectivity index (χ0v) is 30.0. The summed E-state index contributed by atoms with van der Waals surface area (Å²) in [6, 6.07) is 10.9. The van der Waals surface area contributed by atoms with Crippen molar-refractivity contribution in [1.29, 1.82) is 0 Å². The average molecular weight is 747 g/mol. The van der Waals surface area contributed by atoms with Crippen LogP contribution in [0.2, 0.25) is 0 Å². The summed E-state index contributed by atoms with van der Waals surface area (Å²) < 4.78 is 11.8. The van der Waals surface area contributed by atoms with Gasteiger partial charge >= 0.3 is 0 Å². The Labute approximate surface area is 314 Å². The lowest BCUT2D eigenvalue weighted by Gasteiger charge is -2.33. The van der Waals surface area contributed by atoms with E-state index in [1.54, 1.807) is 23.2 Å². The number of amides is 4. The van der Waals surface area contributed by atoms with Crippen LogP contribution in [0, 0.1) is 6.92 Å². The van der Waals surface area contributed by atoms with Crippen LogP contribution < -0.4 is 20.4 Å². The van der Waals surface area contributed by atoms with Crippen LogP contribution in [-0.2, 0) is 22.7 Å². The van der Waals surface area contributed by atoms with Crippen molar-refractivity contribution in [2.24, 2.45) is 0 Å². The number of aryl methyl sites for hydroxylation is 1. The number of oxazole rings is 2. The summed E-state index contributed by atoms with van der Waals surface area (Å²) in [4.78, 5) is 76.6. The molecule has 4 aliphatic heterocycles. The van der Waals surface area contributed by atoms with E-state index in [1.807, 2.05) is 36.1 Å². The molecule has 0 spiro atoms. The first kappa shape index (κ1) is 34.6. The molecule has 0 bridgehead atoms. The Morgan fingerprint density at radius 1 is 1.00 bits per heavy atom. The molecule has 0 radical (unpaired) electrons. The van der Waals surface area contributed by atoms with Crippen LogP contribution in [0.5, 0.6) is 0 Å². The monoisotopic (exact) mass is 746 g/mol. The highest BCUT2D eigenvalue weighted by Gasteiger charge is 2.39. The molecule has 4 aliphatic rings. The van der Waals surface area contributed by atoms with Crippen molar-refractivity contribution in [3.05, 3.63) is 76.9 Å². The third-order valence-corrected chi connectivity index (χ3v) is 10.6. The van der Waals surface area contributed by atoms with Crippen LogP contribution in [0.15, 0.2) is 57.7 Å². The number of hydrogen-bond donors (Lipinski definition) is 3. The number of nitrogens with zero attached hydrogens (tertiary/aromatic N) is 8. The van der Waals surface area contributed by atoms with Crippen molar-refractivity contribution in [2.75, 3.05) is 54.4 Å². The predicted molar refractivity (Wildman–Crippen MR) is 197 cm³/mol. The van der Waals surface area contributed by atoms with Crippen molar-refractivity contribution in [3.63, 3.8) is 0 Å². The van der Waals surface area contributed by atoms with Gasteiger partial charge in [0.1, 0.15) is 12.3 Å². The molecular formula is C38H38N10O7. The zero-order chi connectivity index (χ0) is 37.8. The van der Waals surface area contributed by atoms with Gasteiger partial charge in [0, 0.05) is 87.9 Å². The number of pyridine rings is 2. The van der Waals surface area contributed by atoms with Crippen LogP contribution >= 0.6 is 0 Å². The van der Waals surface area contributed by atoms with Crippen molar-refractivity contribution in [2.45, 2.75) is 51.4 Å². The Morgan fingerprint density at radius 3 is 2.64 bits per heavy atom. The quantitative estimate of drug-likeness (QED) is 0.195. The Kier molecular flexibility index (Phi) is 8.73. The highest BCUT2D eigenvalue weighted by Crippen LogP contribution is 2.34. The topological polar surface area (TPSA) is 203 Å². The van der Waals surface area contributed by atoms with Gasteiger partial charge in [-0.25, -0.2) is 9.97 Å². The average Bonchev–Trinajstić information content (AvgIpc) is 3.98. The number of fused-ring (bicyclic) bond motifs is 2. The number of anilines is 3. The van der Waals surface area contributed by atoms with E-state index in [1.165, 1.54) is 6.26 Å². The Balaban J connectivity index is 0.874. The van der Waals surface area contributed by atoms with E-state index >= 15 is 0 Å². The smallest absolute Gasteiger partial charge is 0.300 e. The molecule has 5 aromatic rings. The minimum Gasteiger partial charge on any atom is -0.444 e. The van der Waals surface area contributed by atoms with Gasteiger partial charge in [-0.3, -0.25) is 34.4 Å². The molecule has 17 nitrogen and oxygen atoms in total. The molecule has 3 N–H and O–H groups in total. The number of carbonyl (C=O) groups excluding carboxylic acids is 4. The fourth-order valence-electron chi connectivity index (χ4n) is 7.70. The largest absolute Gasteiger partial charge is 0.444 e. The van der Waals surface area contributed by atoms with Gasteiger partial charge in [-0.1, -0.05) is 12.1 Å². The van der Waals surface area contributed by atoms with Gasteiger partial charge in [-0.05, 0) is 49.1 Å². The Bertz CT molecular complexity index is 2350. The molecule has 4 aromatic heterocycles. The van der Waals surface area contributed by atoms with Crippen molar-refractivity contribution in [1.82, 2.24) is 35.1 Å². The number of aliphatic hydroxyl groups excluding tert-OH is 1. The van der Waals surface area contributed by atoms with Crippen LogP contribution in [-0.4, -0.2) is 110 Å². The van der Waals surface area contributed by atoms with E-state index in [0.717, 1.165) is 29.9 Å². The molecule has 2 atom stereocenters. The van der Waals surface area contributed by atoms with Gasteiger partial charge in [0.2, 0.25) is 23.4 Å². The summed E-state index contributed by atoms with van der Waals surface area (Å²) in [5.74, 6) is -0.613. The number of hydrogen-bond acceptors (Lipinski definition) is 14. The predicted octanol–water partition coefficient (Wildman–Crippen LogP) is 2.49. The molecule has 55 heavy (non-hydrogen) atoms. The van der Waals surface area contributed by atoms with Crippen molar-refractivity contribution >= 4 is 52.4 Å². The molecule has 3 saturated heterocycles. The Morgan fingerprint density at radius 2 is 1.85 bits per heavy atom. The fourth-order valence-corrected chi connectivity index (χ4v) is 7.70. The van der Waals surface area contributed by atoms with Crippen LogP contribution in [0.3, 0.4) is 0 Å². The normalized spacial score (nSPS) is 20.4. The first-order chi connectivity index (χ1) is 26.6. The molecule has 0 saturated carbocycles. The number of β-amino-alcohol motifs (C(OH)–C–C–N with tert-alkyl or cyclic N) is 1. The number of aliphatic hydroxyl groups is 1. The van der Waals surface area contributed by atoms with Crippen LogP contribution in [0.1, 0.15) is 56.9 Å². The second kappa shape index (κ2) is 13.9. The third-order valence-electron chi connectivity index (χ3n) is 10.6. The SMILES string of the molecule is Cc1cc(-c2nc(C(=O)Nc3cc4oc(N5CCN(Cc6ccc7c(c6)CN(C6CCC(=O)NC6=O)C7=O)CC5)nc4nc3N3CC[C@@H](O)C3)co2)ccn1. The molecular weight excluding hydrogens is 708 g/mol. The Hall–Kier alpha value is -6.20. The number of benzene rings is 1. The summed E-state index contributed by atoms with van der Waals surface area (Å²) in [6.45, 7) is 6.59. The summed E-state index contributed by atoms with van der Waals surface area (Å²) in [5, 5.41) is 15.6. The molecule has 1 aromatic carbocycles. The number of piperazine rings is 1. The molecule has 3 fully saturated rings. The van der Waals surface area contributed by atoms with E-state index in [4.69, 9.17) is 18.8 Å². The van der Waals surface area contributed by atoms with Gasteiger partial charge in [-0.2, -0.15) is 4.98 Å². The second-order valence-electron chi connectivity index (χ2n) is 14.4. The molecule has 17 heteroatoms. The minimum absolute atomic E-state index is 0.0932. The van der Waals surface area contributed by atoms with Crippen molar-refractivity contribution < 1.29 is 33.1 Å². The third kappa shape index (κ3) is 6.76. The van der Waals surface area contributed by atoms with Gasteiger partial charge in [0.15, 0.2) is 17.1 Å². The fraction of sp³-hybridized carbons (Fsp3) is 0.368. The van der Waals surface area contributed by atoms with E-state index in [-0.39, 0.29) is 23.9 Å².